The molecule has 1 aliphatic heterocycles. The lowest BCUT2D eigenvalue weighted by Crippen LogP contribution is -2.51. The maximum Gasteiger partial charge on any atom is 0.227 e. The Morgan fingerprint density at radius 2 is 2.32 bits per heavy atom. The van der Waals surface area contributed by atoms with Crippen LogP contribution in [0.2, 0.25) is 5.02 Å². The van der Waals surface area contributed by atoms with Crippen molar-refractivity contribution >= 4 is 29.9 Å². The second kappa shape index (κ2) is 7.08. The number of benzene rings is 1. The van der Waals surface area contributed by atoms with E-state index >= 15 is 0 Å². The Labute approximate surface area is 123 Å². The van der Waals surface area contributed by atoms with E-state index in [4.69, 9.17) is 11.6 Å². The third kappa shape index (κ3) is 4.06. The average Bonchev–Trinajstić information content (AvgIpc) is 2.34. The third-order valence-electron chi connectivity index (χ3n) is 3.11. The quantitative estimate of drug-likeness (QED) is 0.909. The zero-order valence-electron chi connectivity index (χ0n) is 10.7. The van der Waals surface area contributed by atoms with Crippen molar-refractivity contribution in [2.45, 2.75) is 19.4 Å². The van der Waals surface area contributed by atoms with Gasteiger partial charge < -0.3 is 10.2 Å². The van der Waals surface area contributed by atoms with Crippen LogP contribution in [0.4, 0.5) is 4.39 Å². The molecule has 1 aliphatic rings. The Hall–Kier alpha value is -0.840. The summed E-state index contributed by atoms with van der Waals surface area (Å²) < 4.78 is 13.6. The van der Waals surface area contributed by atoms with Gasteiger partial charge in [0.2, 0.25) is 5.91 Å². The summed E-state index contributed by atoms with van der Waals surface area (Å²) in [7, 11) is 0. The predicted octanol–water partition coefficient (Wildman–Crippen LogP) is 2.26. The van der Waals surface area contributed by atoms with E-state index in [2.05, 4.69) is 5.32 Å². The number of rotatable bonds is 2. The first-order valence-corrected chi connectivity index (χ1v) is 6.40. The first-order valence-electron chi connectivity index (χ1n) is 6.02. The van der Waals surface area contributed by atoms with E-state index in [1.165, 1.54) is 6.07 Å². The Kier molecular flexibility index (Phi) is 6.04. The van der Waals surface area contributed by atoms with Crippen LogP contribution in [-0.2, 0) is 11.2 Å². The van der Waals surface area contributed by atoms with Gasteiger partial charge in [0, 0.05) is 36.3 Å². The summed E-state index contributed by atoms with van der Waals surface area (Å²) in [4.78, 5) is 13.8. The van der Waals surface area contributed by atoms with Gasteiger partial charge in [0.1, 0.15) is 5.82 Å². The van der Waals surface area contributed by atoms with Gasteiger partial charge in [-0.2, -0.15) is 0 Å². The van der Waals surface area contributed by atoms with Crippen LogP contribution >= 0.6 is 24.0 Å². The molecule has 0 saturated carbocycles. The molecule has 1 heterocycles. The molecule has 3 nitrogen and oxygen atoms in total. The fourth-order valence-corrected chi connectivity index (χ4v) is 2.35. The van der Waals surface area contributed by atoms with E-state index in [-0.39, 0.29) is 36.3 Å². The van der Waals surface area contributed by atoms with Crippen molar-refractivity contribution in [3.8, 4) is 0 Å². The van der Waals surface area contributed by atoms with E-state index < -0.39 is 5.82 Å². The van der Waals surface area contributed by atoms with E-state index in [9.17, 15) is 9.18 Å². The van der Waals surface area contributed by atoms with Crippen molar-refractivity contribution in [3.05, 3.63) is 34.6 Å². The lowest BCUT2D eigenvalue weighted by atomic mass is 10.1. The summed E-state index contributed by atoms with van der Waals surface area (Å²) in [6.45, 7) is 4.12. The zero-order valence-corrected chi connectivity index (χ0v) is 12.2. The number of halogens is 3. The van der Waals surface area contributed by atoms with Crippen LogP contribution in [0.1, 0.15) is 12.5 Å². The largest absolute Gasteiger partial charge is 0.340 e. The maximum absolute atomic E-state index is 13.6. The highest BCUT2D eigenvalue weighted by Gasteiger charge is 2.22. The first kappa shape index (κ1) is 16.2. The Morgan fingerprint density at radius 1 is 1.58 bits per heavy atom. The third-order valence-corrected chi connectivity index (χ3v) is 3.47. The summed E-state index contributed by atoms with van der Waals surface area (Å²) in [6, 6.07) is 4.75. The lowest BCUT2D eigenvalue weighted by molar-refractivity contribution is -0.131. The lowest BCUT2D eigenvalue weighted by Gasteiger charge is -2.32. The number of hydrogen-bond donors (Lipinski definition) is 1. The van der Waals surface area contributed by atoms with Gasteiger partial charge >= 0.3 is 0 Å². The molecular weight excluding hydrogens is 290 g/mol. The number of nitrogens with one attached hydrogen (secondary N) is 1. The smallest absolute Gasteiger partial charge is 0.227 e. The minimum atomic E-state index is -0.418. The van der Waals surface area contributed by atoms with Crippen LogP contribution < -0.4 is 5.32 Å². The van der Waals surface area contributed by atoms with Crippen LogP contribution in [0.25, 0.3) is 0 Å². The molecule has 0 spiro atoms. The number of amides is 1. The molecule has 0 aromatic heterocycles. The molecular formula is C13H17Cl2FN2O. The van der Waals surface area contributed by atoms with Gasteiger partial charge in [0.15, 0.2) is 0 Å². The van der Waals surface area contributed by atoms with Gasteiger partial charge in [-0.25, -0.2) is 4.39 Å². The molecule has 1 atom stereocenters. The normalized spacial score (nSPS) is 18.9. The van der Waals surface area contributed by atoms with Crippen molar-refractivity contribution in [2.24, 2.45) is 0 Å². The average molecular weight is 307 g/mol. The summed E-state index contributed by atoms with van der Waals surface area (Å²) in [6.07, 6.45) is 0.0260. The first-order chi connectivity index (χ1) is 8.58. The van der Waals surface area contributed by atoms with Gasteiger partial charge in [0.05, 0.1) is 6.42 Å². The number of carbonyl (C=O) groups is 1. The van der Waals surface area contributed by atoms with Crippen LogP contribution in [0.3, 0.4) is 0 Å². The number of nitrogens with zero attached hydrogens (tertiary/aromatic N) is 1. The highest BCUT2D eigenvalue weighted by Crippen LogP contribution is 2.20. The monoisotopic (exact) mass is 306 g/mol. The van der Waals surface area contributed by atoms with Gasteiger partial charge in [0.25, 0.3) is 0 Å². The number of piperazine rings is 1. The van der Waals surface area contributed by atoms with Crippen molar-refractivity contribution < 1.29 is 9.18 Å². The minimum Gasteiger partial charge on any atom is -0.340 e. The van der Waals surface area contributed by atoms with Crippen LogP contribution in [0, 0.1) is 5.82 Å². The molecule has 0 aliphatic carbocycles. The van der Waals surface area contributed by atoms with E-state index in [0.29, 0.717) is 18.1 Å². The standard InChI is InChI=1S/C13H16ClFN2O.ClH/c1-9-8-17(6-5-16-9)13(18)7-10-11(14)3-2-4-12(10)15;/h2-4,9,16H,5-8H2,1H3;1H/t9-;/m0./s1. The fourth-order valence-electron chi connectivity index (χ4n) is 2.12. The second-order valence-corrected chi connectivity index (χ2v) is 4.98. The predicted molar refractivity (Wildman–Crippen MR) is 76.4 cm³/mol. The molecule has 6 heteroatoms. The highest BCUT2D eigenvalue weighted by atomic mass is 35.5. The Balaban J connectivity index is 0.00000180. The van der Waals surface area contributed by atoms with Crippen LogP contribution in [0.5, 0.6) is 0 Å². The SMILES string of the molecule is C[C@H]1CN(C(=O)Cc2c(F)cccc2Cl)CCN1.Cl. The molecule has 0 radical (unpaired) electrons. The number of carbonyl (C=O) groups excluding carboxylic acids is 1. The molecule has 1 aromatic carbocycles. The molecule has 2 rings (SSSR count). The van der Waals surface area contributed by atoms with Gasteiger partial charge in [-0.05, 0) is 19.1 Å². The summed E-state index contributed by atoms with van der Waals surface area (Å²) >= 11 is 5.92. The fraction of sp³-hybridized carbons (Fsp3) is 0.462. The van der Waals surface area contributed by atoms with Crippen molar-refractivity contribution in [3.63, 3.8) is 0 Å². The molecule has 106 valence electrons. The van der Waals surface area contributed by atoms with E-state index in [0.717, 1.165) is 6.54 Å². The maximum atomic E-state index is 13.6. The molecule has 19 heavy (non-hydrogen) atoms. The van der Waals surface area contributed by atoms with E-state index in [1.54, 1.807) is 17.0 Å². The van der Waals surface area contributed by atoms with Crippen LogP contribution in [0.15, 0.2) is 18.2 Å². The van der Waals surface area contributed by atoms with Crippen molar-refractivity contribution in [2.75, 3.05) is 19.6 Å². The Bertz CT molecular complexity index is 436. The van der Waals surface area contributed by atoms with Crippen molar-refractivity contribution in [1.82, 2.24) is 10.2 Å². The molecule has 0 bridgehead atoms. The second-order valence-electron chi connectivity index (χ2n) is 4.57. The molecule has 0 unspecified atom stereocenters. The summed E-state index contributed by atoms with van der Waals surface area (Å²) in [5.41, 5.74) is 0.287. The Morgan fingerprint density at radius 3 is 2.95 bits per heavy atom. The minimum absolute atomic E-state index is 0. The van der Waals surface area contributed by atoms with E-state index in [1.807, 2.05) is 6.92 Å². The van der Waals surface area contributed by atoms with Crippen molar-refractivity contribution in [1.29, 1.82) is 0 Å². The van der Waals surface area contributed by atoms with Gasteiger partial charge in [-0.1, -0.05) is 17.7 Å². The highest BCUT2D eigenvalue weighted by molar-refractivity contribution is 6.31. The molecule has 1 saturated heterocycles. The summed E-state index contributed by atoms with van der Waals surface area (Å²) in [5.74, 6) is -0.491. The molecule has 1 aromatic rings. The molecule has 1 amide bonds. The number of hydrogen-bond acceptors (Lipinski definition) is 2. The zero-order chi connectivity index (χ0) is 13.1. The topological polar surface area (TPSA) is 32.3 Å². The van der Waals surface area contributed by atoms with Gasteiger partial charge in [-0.15, -0.1) is 12.4 Å². The molecule has 1 fully saturated rings. The molecule has 1 N–H and O–H groups in total. The van der Waals surface area contributed by atoms with Gasteiger partial charge in [-0.3, -0.25) is 4.79 Å². The van der Waals surface area contributed by atoms with Crippen LogP contribution in [-0.4, -0.2) is 36.5 Å². The summed E-state index contributed by atoms with van der Waals surface area (Å²) in [5, 5.41) is 3.57.